The molecule has 144 valence electrons. The number of carbonyl (C=O) groups is 1. The molecular formula is C20H25N3O4. The number of benzene rings is 2. The molecule has 7 heteroatoms. The zero-order chi connectivity index (χ0) is 19.6. The molecule has 0 heterocycles. The summed E-state index contributed by atoms with van der Waals surface area (Å²) in [5.74, 6) is 0.164. The lowest BCUT2D eigenvalue weighted by Gasteiger charge is -2.18. The normalized spacial score (nSPS) is 10.6. The number of nitrogens with zero attached hydrogens (tertiary/aromatic N) is 2. The van der Waals surface area contributed by atoms with Crippen molar-refractivity contribution >= 4 is 11.6 Å². The van der Waals surface area contributed by atoms with Gasteiger partial charge in [0, 0.05) is 25.2 Å². The van der Waals surface area contributed by atoms with E-state index in [0.29, 0.717) is 12.3 Å². The lowest BCUT2D eigenvalue weighted by Crippen LogP contribution is -2.28. The number of ether oxygens (including phenoxy) is 1. The molecule has 2 aromatic carbocycles. The van der Waals surface area contributed by atoms with E-state index in [-0.39, 0.29) is 18.2 Å². The molecule has 0 aliphatic heterocycles. The Morgan fingerprint density at radius 3 is 2.19 bits per heavy atom. The van der Waals surface area contributed by atoms with E-state index in [4.69, 9.17) is 4.74 Å². The van der Waals surface area contributed by atoms with E-state index in [1.54, 1.807) is 0 Å². The van der Waals surface area contributed by atoms with E-state index < -0.39 is 4.92 Å². The molecule has 0 unspecified atom stereocenters. The molecule has 7 nitrogen and oxygen atoms in total. The van der Waals surface area contributed by atoms with E-state index in [0.717, 1.165) is 25.2 Å². The van der Waals surface area contributed by atoms with Gasteiger partial charge in [-0.1, -0.05) is 38.1 Å². The number of nitrogens with one attached hydrogen (secondary N) is 1. The van der Waals surface area contributed by atoms with Gasteiger partial charge >= 0.3 is 0 Å². The summed E-state index contributed by atoms with van der Waals surface area (Å²) in [5.41, 5.74) is 2.24. The van der Waals surface area contributed by atoms with Gasteiger partial charge in [0.1, 0.15) is 5.75 Å². The van der Waals surface area contributed by atoms with Crippen LogP contribution in [-0.4, -0.2) is 35.4 Å². The first-order valence-corrected chi connectivity index (χ1v) is 8.96. The van der Waals surface area contributed by atoms with Crippen molar-refractivity contribution in [2.75, 3.05) is 19.7 Å². The highest BCUT2D eigenvalue weighted by Gasteiger charge is 2.07. The van der Waals surface area contributed by atoms with E-state index in [1.165, 1.54) is 29.8 Å². The van der Waals surface area contributed by atoms with Crippen LogP contribution in [0.4, 0.5) is 5.69 Å². The van der Waals surface area contributed by atoms with Crippen molar-refractivity contribution in [1.82, 2.24) is 10.2 Å². The van der Waals surface area contributed by atoms with Gasteiger partial charge in [-0.05, 0) is 36.3 Å². The Labute approximate surface area is 159 Å². The van der Waals surface area contributed by atoms with Crippen molar-refractivity contribution in [3.63, 3.8) is 0 Å². The predicted molar refractivity (Wildman–Crippen MR) is 104 cm³/mol. The van der Waals surface area contributed by atoms with Crippen LogP contribution in [0.3, 0.4) is 0 Å². The van der Waals surface area contributed by atoms with Gasteiger partial charge in [-0.2, -0.15) is 0 Å². The Morgan fingerprint density at radius 2 is 1.63 bits per heavy atom. The summed E-state index contributed by atoms with van der Waals surface area (Å²) in [4.78, 5) is 24.4. The summed E-state index contributed by atoms with van der Waals surface area (Å²) in [6.45, 7) is 7.53. The van der Waals surface area contributed by atoms with Crippen LogP contribution in [-0.2, 0) is 17.9 Å². The lowest BCUT2D eigenvalue weighted by molar-refractivity contribution is -0.384. The molecule has 0 spiro atoms. The number of hydrogen-bond acceptors (Lipinski definition) is 5. The molecule has 0 fully saturated rings. The van der Waals surface area contributed by atoms with Crippen LogP contribution in [0, 0.1) is 10.1 Å². The fourth-order valence-electron chi connectivity index (χ4n) is 2.53. The fourth-order valence-corrected chi connectivity index (χ4v) is 2.53. The highest BCUT2D eigenvalue weighted by Crippen LogP contribution is 2.17. The topological polar surface area (TPSA) is 84.7 Å². The minimum absolute atomic E-state index is 0.0174. The molecule has 1 N–H and O–H groups in total. The molecule has 0 aliphatic rings. The van der Waals surface area contributed by atoms with Crippen molar-refractivity contribution in [1.29, 1.82) is 0 Å². The van der Waals surface area contributed by atoms with Crippen LogP contribution in [0.5, 0.6) is 5.75 Å². The van der Waals surface area contributed by atoms with Crippen LogP contribution in [0.2, 0.25) is 0 Å². The zero-order valence-corrected chi connectivity index (χ0v) is 15.7. The van der Waals surface area contributed by atoms with Crippen LogP contribution in [0.1, 0.15) is 25.0 Å². The van der Waals surface area contributed by atoms with Crippen molar-refractivity contribution < 1.29 is 14.5 Å². The lowest BCUT2D eigenvalue weighted by atomic mass is 10.1. The van der Waals surface area contributed by atoms with Crippen LogP contribution >= 0.6 is 0 Å². The van der Waals surface area contributed by atoms with Gasteiger partial charge in [0.2, 0.25) is 0 Å². The molecule has 0 atom stereocenters. The van der Waals surface area contributed by atoms with Crippen molar-refractivity contribution in [2.45, 2.75) is 26.9 Å². The number of hydrogen-bond donors (Lipinski definition) is 1. The maximum Gasteiger partial charge on any atom is 0.269 e. The van der Waals surface area contributed by atoms with Gasteiger partial charge in [0.25, 0.3) is 11.6 Å². The Kier molecular flexibility index (Phi) is 7.76. The second-order valence-corrected chi connectivity index (χ2v) is 6.09. The molecule has 2 rings (SSSR count). The minimum Gasteiger partial charge on any atom is -0.484 e. The Bertz CT molecular complexity index is 741. The van der Waals surface area contributed by atoms with Gasteiger partial charge < -0.3 is 10.1 Å². The second-order valence-electron chi connectivity index (χ2n) is 6.09. The highest BCUT2D eigenvalue weighted by molar-refractivity contribution is 5.77. The maximum atomic E-state index is 11.9. The summed E-state index contributed by atoms with van der Waals surface area (Å²) < 4.78 is 5.34. The third-order valence-corrected chi connectivity index (χ3v) is 4.23. The number of carbonyl (C=O) groups excluding carboxylic acids is 1. The summed E-state index contributed by atoms with van der Waals surface area (Å²) in [6, 6.07) is 13.8. The Morgan fingerprint density at radius 1 is 1.04 bits per heavy atom. The second kappa shape index (κ2) is 10.3. The largest absolute Gasteiger partial charge is 0.484 e. The third kappa shape index (κ3) is 6.71. The first kappa shape index (κ1) is 20.4. The summed E-state index contributed by atoms with van der Waals surface area (Å²) in [5, 5.41) is 13.4. The molecule has 0 radical (unpaired) electrons. The summed E-state index contributed by atoms with van der Waals surface area (Å²) >= 11 is 0. The van der Waals surface area contributed by atoms with Gasteiger partial charge in [0.05, 0.1) is 4.92 Å². The molecule has 0 aliphatic carbocycles. The fraction of sp³-hybridized carbons (Fsp3) is 0.350. The number of nitro benzene ring substituents is 1. The van der Waals surface area contributed by atoms with Crippen molar-refractivity contribution in [3.05, 3.63) is 69.8 Å². The summed E-state index contributed by atoms with van der Waals surface area (Å²) in [7, 11) is 0. The molecular weight excluding hydrogens is 346 g/mol. The van der Waals surface area contributed by atoms with Gasteiger partial charge in [-0.3, -0.25) is 19.8 Å². The van der Waals surface area contributed by atoms with Crippen molar-refractivity contribution in [3.8, 4) is 5.75 Å². The van der Waals surface area contributed by atoms with E-state index in [2.05, 4.69) is 36.2 Å². The van der Waals surface area contributed by atoms with Gasteiger partial charge in [-0.15, -0.1) is 0 Å². The van der Waals surface area contributed by atoms with Gasteiger partial charge in [0.15, 0.2) is 6.61 Å². The number of rotatable bonds is 10. The SMILES string of the molecule is CCN(CC)Cc1ccc(CNC(=O)COc2ccc([N+](=O)[O-])cc2)cc1. The first-order valence-electron chi connectivity index (χ1n) is 8.96. The number of amides is 1. The molecule has 0 bridgehead atoms. The summed E-state index contributed by atoms with van der Waals surface area (Å²) in [6.07, 6.45) is 0. The smallest absolute Gasteiger partial charge is 0.269 e. The average Bonchev–Trinajstić information content (AvgIpc) is 2.70. The standard InChI is InChI=1S/C20H25N3O4/c1-3-22(4-2)14-17-7-5-16(6-8-17)13-21-20(24)15-27-19-11-9-18(10-12-19)23(25)26/h5-12H,3-4,13-15H2,1-2H3,(H,21,24). The van der Waals surface area contributed by atoms with Crippen LogP contribution in [0.15, 0.2) is 48.5 Å². The van der Waals surface area contributed by atoms with Crippen molar-refractivity contribution in [2.24, 2.45) is 0 Å². The number of nitro groups is 1. The predicted octanol–water partition coefficient (Wildman–Crippen LogP) is 3.13. The maximum absolute atomic E-state index is 11.9. The van der Waals surface area contributed by atoms with E-state index in [9.17, 15) is 14.9 Å². The Hall–Kier alpha value is -2.93. The molecule has 2 aromatic rings. The number of non-ortho nitro benzene ring substituents is 1. The third-order valence-electron chi connectivity index (χ3n) is 4.23. The molecule has 0 aromatic heterocycles. The monoisotopic (exact) mass is 371 g/mol. The first-order chi connectivity index (χ1) is 13.0. The molecule has 0 saturated carbocycles. The average molecular weight is 371 g/mol. The molecule has 0 saturated heterocycles. The van der Waals surface area contributed by atoms with E-state index in [1.807, 2.05) is 12.1 Å². The molecule has 27 heavy (non-hydrogen) atoms. The molecule has 1 amide bonds. The van der Waals surface area contributed by atoms with E-state index >= 15 is 0 Å². The highest BCUT2D eigenvalue weighted by atomic mass is 16.6. The minimum atomic E-state index is -0.482. The quantitative estimate of drug-likeness (QED) is 0.512. The van der Waals surface area contributed by atoms with Crippen LogP contribution in [0.25, 0.3) is 0 Å². The Balaban J connectivity index is 1.75. The zero-order valence-electron chi connectivity index (χ0n) is 15.7. The van der Waals surface area contributed by atoms with Crippen LogP contribution < -0.4 is 10.1 Å². The van der Waals surface area contributed by atoms with Gasteiger partial charge in [-0.25, -0.2) is 0 Å².